The molecule has 0 atom stereocenters. The molecule has 0 fully saturated rings. The molecule has 0 saturated carbocycles. The van der Waals surface area contributed by atoms with Crippen LogP contribution in [-0.2, 0) is 6.54 Å². The Labute approximate surface area is 199 Å². The van der Waals surface area contributed by atoms with Crippen molar-refractivity contribution < 1.29 is 4.74 Å². The number of para-hydroxylation sites is 1. The number of rotatable bonds is 8. The first-order valence-electron chi connectivity index (χ1n) is 11.4. The smallest absolute Gasteiger partial charge is 0.214 e. The number of methoxy groups -OCH3 is 1. The van der Waals surface area contributed by atoms with Gasteiger partial charge in [0.2, 0.25) is 5.95 Å². The highest BCUT2D eigenvalue weighted by atomic mass is 16.5. The summed E-state index contributed by atoms with van der Waals surface area (Å²) in [4.78, 5) is 9.63. The summed E-state index contributed by atoms with van der Waals surface area (Å²) in [7, 11) is 5.85. The van der Waals surface area contributed by atoms with Crippen LogP contribution in [0.2, 0.25) is 0 Å². The molecule has 172 valence electrons. The molecule has 0 aliphatic heterocycles. The quantitative estimate of drug-likeness (QED) is 0.345. The maximum atomic E-state index is 5.47. The molecular formula is C27H28N6O. The van der Waals surface area contributed by atoms with Crippen LogP contribution in [0.1, 0.15) is 5.56 Å². The van der Waals surface area contributed by atoms with Gasteiger partial charge in [-0.05, 0) is 43.9 Å². The Morgan fingerprint density at radius 3 is 2.44 bits per heavy atom. The van der Waals surface area contributed by atoms with Gasteiger partial charge in [-0.2, -0.15) is 0 Å². The minimum atomic E-state index is 0.727. The predicted molar refractivity (Wildman–Crippen MR) is 136 cm³/mol. The van der Waals surface area contributed by atoms with E-state index in [0.717, 1.165) is 59.3 Å². The Kier molecular flexibility index (Phi) is 6.10. The van der Waals surface area contributed by atoms with Crippen LogP contribution in [0, 0.1) is 0 Å². The van der Waals surface area contributed by atoms with Crippen LogP contribution in [0.25, 0.3) is 27.9 Å². The van der Waals surface area contributed by atoms with Crippen LogP contribution in [0.3, 0.4) is 0 Å². The summed E-state index contributed by atoms with van der Waals surface area (Å²) >= 11 is 0. The van der Waals surface area contributed by atoms with Crippen molar-refractivity contribution in [3.8, 4) is 17.1 Å². The second-order valence-corrected chi connectivity index (χ2v) is 8.55. The van der Waals surface area contributed by atoms with Gasteiger partial charge in [0, 0.05) is 30.6 Å². The molecule has 0 aliphatic carbocycles. The molecule has 0 amide bonds. The van der Waals surface area contributed by atoms with Crippen LogP contribution in [0.4, 0.5) is 5.95 Å². The van der Waals surface area contributed by atoms with E-state index in [2.05, 4.69) is 62.8 Å². The van der Waals surface area contributed by atoms with Crippen molar-refractivity contribution in [3.63, 3.8) is 0 Å². The van der Waals surface area contributed by atoms with Gasteiger partial charge in [-0.25, -0.2) is 9.38 Å². The zero-order chi connectivity index (χ0) is 23.5. The van der Waals surface area contributed by atoms with Crippen molar-refractivity contribution in [1.29, 1.82) is 0 Å². The van der Waals surface area contributed by atoms with Crippen LogP contribution >= 0.6 is 0 Å². The number of likely N-dealkylation sites (N-methyl/N-ethyl adjacent to an activating group) is 1. The molecular weight excluding hydrogens is 424 g/mol. The van der Waals surface area contributed by atoms with E-state index in [-0.39, 0.29) is 0 Å². The standard InChI is InChI=1S/C27H28N6O/c1-31(2)16-17-32(19-20-10-5-4-6-11-20)27-28-24-15-8-7-14-23(24)26-30-29-25(33(26)27)21-12-9-13-22(18-21)34-3/h4-15,18H,16-17,19H2,1-3H3. The molecule has 34 heavy (non-hydrogen) atoms. The van der Waals surface area contributed by atoms with Gasteiger partial charge < -0.3 is 14.5 Å². The summed E-state index contributed by atoms with van der Waals surface area (Å²) in [5.41, 5.74) is 3.84. The Bertz CT molecular complexity index is 1410. The Hall–Kier alpha value is -3.97. The van der Waals surface area contributed by atoms with Crippen LogP contribution < -0.4 is 9.64 Å². The van der Waals surface area contributed by atoms with Gasteiger partial charge in [0.15, 0.2) is 11.5 Å². The number of nitrogens with zero attached hydrogens (tertiary/aromatic N) is 6. The number of hydrogen-bond acceptors (Lipinski definition) is 6. The predicted octanol–water partition coefficient (Wildman–Crippen LogP) is 4.52. The molecule has 0 bridgehead atoms. The molecule has 0 saturated heterocycles. The van der Waals surface area contributed by atoms with Crippen molar-refractivity contribution in [3.05, 3.63) is 84.4 Å². The lowest BCUT2D eigenvalue weighted by Crippen LogP contribution is -2.33. The van der Waals surface area contributed by atoms with E-state index in [4.69, 9.17) is 9.72 Å². The maximum absolute atomic E-state index is 5.47. The highest BCUT2D eigenvalue weighted by molar-refractivity contribution is 5.93. The van der Waals surface area contributed by atoms with Gasteiger partial charge in [0.25, 0.3) is 0 Å². The highest BCUT2D eigenvalue weighted by Gasteiger charge is 2.21. The first-order chi connectivity index (χ1) is 16.6. The van der Waals surface area contributed by atoms with Crippen molar-refractivity contribution in [2.75, 3.05) is 39.2 Å². The molecule has 7 heteroatoms. The third-order valence-electron chi connectivity index (χ3n) is 5.87. The molecule has 0 radical (unpaired) electrons. The highest BCUT2D eigenvalue weighted by Crippen LogP contribution is 2.30. The molecule has 3 aromatic carbocycles. The Balaban J connectivity index is 1.74. The molecule has 0 unspecified atom stereocenters. The molecule has 2 heterocycles. The number of fused-ring (bicyclic) bond motifs is 3. The van der Waals surface area contributed by atoms with E-state index < -0.39 is 0 Å². The SMILES string of the molecule is COc1cccc(-c2nnc3c4ccccc4nc(N(CCN(C)C)Cc4ccccc4)n23)c1. The Morgan fingerprint density at radius 1 is 0.853 bits per heavy atom. The zero-order valence-corrected chi connectivity index (χ0v) is 19.7. The zero-order valence-electron chi connectivity index (χ0n) is 19.7. The summed E-state index contributed by atoms with van der Waals surface area (Å²) in [6.45, 7) is 2.42. The summed E-state index contributed by atoms with van der Waals surface area (Å²) in [6.07, 6.45) is 0. The van der Waals surface area contributed by atoms with Gasteiger partial charge >= 0.3 is 0 Å². The van der Waals surface area contributed by atoms with Gasteiger partial charge in [-0.1, -0.05) is 54.6 Å². The molecule has 2 aromatic heterocycles. The molecule has 0 spiro atoms. The monoisotopic (exact) mass is 452 g/mol. The number of aromatic nitrogens is 4. The minimum absolute atomic E-state index is 0.727. The summed E-state index contributed by atoms with van der Waals surface area (Å²) in [5, 5.41) is 10.2. The van der Waals surface area contributed by atoms with Crippen molar-refractivity contribution in [1.82, 2.24) is 24.5 Å². The summed E-state index contributed by atoms with van der Waals surface area (Å²) in [6, 6.07) is 26.5. The van der Waals surface area contributed by atoms with Crippen molar-refractivity contribution in [2.24, 2.45) is 0 Å². The minimum Gasteiger partial charge on any atom is -0.497 e. The van der Waals surface area contributed by atoms with E-state index in [1.807, 2.05) is 54.6 Å². The van der Waals surface area contributed by atoms with E-state index in [9.17, 15) is 0 Å². The second kappa shape index (κ2) is 9.49. The normalized spacial score (nSPS) is 11.4. The van der Waals surface area contributed by atoms with Crippen LogP contribution in [-0.4, -0.2) is 58.8 Å². The third-order valence-corrected chi connectivity index (χ3v) is 5.87. The number of anilines is 1. The number of hydrogen-bond donors (Lipinski definition) is 0. The van der Waals surface area contributed by atoms with E-state index in [1.54, 1.807) is 7.11 Å². The lowest BCUT2D eigenvalue weighted by molar-refractivity contribution is 0.411. The van der Waals surface area contributed by atoms with Crippen molar-refractivity contribution >= 4 is 22.5 Å². The first kappa shape index (κ1) is 21.9. The molecule has 0 aliphatic rings. The molecule has 5 aromatic rings. The third kappa shape index (κ3) is 4.30. The summed E-state index contributed by atoms with van der Waals surface area (Å²) < 4.78 is 7.55. The fraction of sp³-hybridized carbons (Fsp3) is 0.222. The maximum Gasteiger partial charge on any atom is 0.214 e. The van der Waals surface area contributed by atoms with Crippen molar-refractivity contribution in [2.45, 2.75) is 6.54 Å². The van der Waals surface area contributed by atoms with E-state index >= 15 is 0 Å². The lowest BCUT2D eigenvalue weighted by Gasteiger charge is -2.27. The topological polar surface area (TPSA) is 58.8 Å². The summed E-state index contributed by atoms with van der Waals surface area (Å²) in [5.74, 6) is 2.34. The molecule has 0 N–H and O–H groups in total. The van der Waals surface area contributed by atoms with Crippen LogP contribution in [0.15, 0.2) is 78.9 Å². The first-order valence-corrected chi connectivity index (χ1v) is 11.4. The molecule has 5 rings (SSSR count). The van der Waals surface area contributed by atoms with Gasteiger partial charge in [0.1, 0.15) is 5.75 Å². The number of benzene rings is 3. The Morgan fingerprint density at radius 2 is 1.65 bits per heavy atom. The average Bonchev–Trinajstić information content (AvgIpc) is 3.32. The van der Waals surface area contributed by atoms with Gasteiger partial charge in [0.05, 0.1) is 12.6 Å². The fourth-order valence-corrected chi connectivity index (χ4v) is 4.10. The molecule has 7 nitrogen and oxygen atoms in total. The second-order valence-electron chi connectivity index (χ2n) is 8.55. The van der Waals surface area contributed by atoms with E-state index in [1.165, 1.54) is 5.56 Å². The lowest BCUT2D eigenvalue weighted by atomic mass is 10.2. The largest absolute Gasteiger partial charge is 0.497 e. The van der Waals surface area contributed by atoms with Crippen LogP contribution in [0.5, 0.6) is 5.75 Å². The number of ether oxygens (including phenoxy) is 1. The fourth-order valence-electron chi connectivity index (χ4n) is 4.10. The van der Waals surface area contributed by atoms with Gasteiger partial charge in [-0.15, -0.1) is 10.2 Å². The average molecular weight is 453 g/mol. The van der Waals surface area contributed by atoms with Gasteiger partial charge in [-0.3, -0.25) is 0 Å². The van der Waals surface area contributed by atoms with E-state index in [0.29, 0.717) is 0 Å².